The van der Waals surface area contributed by atoms with E-state index in [2.05, 4.69) is 0 Å². The van der Waals surface area contributed by atoms with Crippen molar-refractivity contribution in [3.8, 4) is 0 Å². The molecule has 0 heterocycles. The van der Waals surface area contributed by atoms with E-state index in [9.17, 15) is 0 Å². The number of rotatable bonds is 0. The van der Waals surface area contributed by atoms with Crippen molar-refractivity contribution in [3.63, 3.8) is 0 Å². The maximum atomic E-state index is 9.14. The van der Waals surface area contributed by atoms with Crippen molar-refractivity contribution in [2.24, 2.45) is 11.5 Å². The van der Waals surface area contributed by atoms with Crippen molar-refractivity contribution in [2.45, 2.75) is 36.8 Å². The number of nitrogens with two attached hydrogens (primary N) is 2. The highest BCUT2D eigenvalue weighted by Crippen LogP contribution is 2.17. The second-order valence-corrected chi connectivity index (χ2v) is 3.04. The first kappa shape index (κ1) is 8.89. The molecular weight excluding hydrogens is 148 g/mol. The fraction of sp³-hybridized carbons (Fsp3) is 1.00. The summed E-state index contributed by atoms with van der Waals surface area (Å²) in [5, 5.41) is 27.4. The Labute approximate surface area is 64.6 Å². The molecule has 1 aliphatic rings. The predicted octanol–water partition coefficient (Wildman–Crippen LogP) is -2.87. The predicted molar refractivity (Wildman–Crippen MR) is 38.6 cm³/mol. The first-order valence-electron chi connectivity index (χ1n) is 3.59. The van der Waals surface area contributed by atoms with E-state index in [4.69, 9.17) is 26.8 Å². The Morgan fingerprint density at radius 2 is 1.18 bits per heavy atom. The third kappa shape index (κ3) is 1.52. The van der Waals surface area contributed by atoms with Gasteiger partial charge >= 0.3 is 0 Å². The summed E-state index contributed by atoms with van der Waals surface area (Å²) in [6.07, 6.45) is -3.01. The Morgan fingerprint density at radius 1 is 0.818 bits per heavy atom. The van der Waals surface area contributed by atoms with Crippen LogP contribution in [0.1, 0.15) is 6.42 Å². The summed E-state index contributed by atoms with van der Waals surface area (Å²) in [5.41, 5.74) is 10.8. The molecule has 5 heteroatoms. The van der Waals surface area contributed by atoms with Crippen molar-refractivity contribution in [1.29, 1.82) is 0 Å². The third-order valence-corrected chi connectivity index (χ3v) is 2.12. The SMILES string of the molecule is N[C@@H]1C[C@@H](N)[C@@H](O)C(O)[C@H]1O. The van der Waals surface area contributed by atoms with E-state index in [1.807, 2.05) is 0 Å². The number of hydrogen-bond donors (Lipinski definition) is 5. The summed E-state index contributed by atoms with van der Waals surface area (Å²) in [6, 6.07) is -1.08. The molecule has 0 spiro atoms. The van der Waals surface area contributed by atoms with Crippen LogP contribution in [0.15, 0.2) is 0 Å². The lowest BCUT2D eigenvalue weighted by molar-refractivity contribution is -0.100. The zero-order valence-electron chi connectivity index (χ0n) is 6.09. The van der Waals surface area contributed by atoms with Crippen LogP contribution in [0.25, 0.3) is 0 Å². The third-order valence-electron chi connectivity index (χ3n) is 2.12. The number of aliphatic hydroxyl groups excluding tert-OH is 3. The zero-order valence-corrected chi connectivity index (χ0v) is 6.09. The van der Waals surface area contributed by atoms with Crippen LogP contribution < -0.4 is 11.5 Å². The summed E-state index contributed by atoms with van der Waals surface area (Å²) in [6.45, 7) is 0. The topological polar surface area (TPSA) is 113 Å². The van der Waals surface area contributed by atoms with Crippen LogP contribution >= 0.6 is 0 Å². The standard InChI is InChI=1S/C6H14N2O3/c7-2-1-3(8)5(10)6(11)4(2)9/h2-6,9-11H,1,7-8H2/t2-,3-,4-,5+,6?/m1/s1. The van der Waals surface area contributed by atoms with Gasteiger partial charge < -0.3 is 26.8 Å². The van der Waals surface area contributed by atoms with E-state index in [1.54, 1.807) is 0 Å². The molecule has 1 fully saturated rings. The molecule has 1 rings (SSSR count). The smallest absolute Gasteiger partial charge is 0.109 e. The van der Waals surface area contributed by atoms with Crippen LogP contribution in [0.4, 0.5) is 0 Å². The van der Waals surface area contributed by atoms with Crippen LogP contribution in [-0.4, -0.2) is 45.7 Å². The molecule has 11 heavy (non-hydrogen) atoms. The molecule has 0 aromatic heterocycles. The van der Waals surface area contributed by atoms with E-state index in [-0.39, 0.29) is 0 Å². The molecule has 0 aromatic rings. The van der Waals surface area contributed by atoms with Gasteiger partial charge in [0, 0.05) is 12.1 Å². The molecule has 7 N–H and O–H groups in total. The Balaban J connectivity index is 2.63. The Bertz CT molecular complexity index is 130. The molecule has 1 saturated carbocycles. The largest absolute Gasteiger partial charge is 0.389 e. The van der Waals surface area contributed by atoms with Crippen molar-refractivity contribution < 1.29 is 15.3 Å². The highest BCUT2D eigenvalue weighted by atomic mass is 16.4. The van der Waals surface area contributed by atoms with Crippen LogP contribution in [0.5, 0.6) is 0 Å². The number of aliphatic hydroxyl groups is 3. The Morgan fingerprint density at radius 3 is 1.55 bits per heavy atom. The van der Waals surface area contributed by atoms with Gasteiger partial charge in [0.15, 0.2) is 0 Å². The van der Waals surface area contributed by atoms with Crippen molar-refractivity contribution in [2.75, 3.05) is 0 Å². The van der Waals surface area contributed by atoms with Crippen LogP contribution in [0, 0.1) is 0 Å². The molecule has 66 valence electrons. The second-order valence-electron chi connectivity index (χ2n) is 3.04. The van der Waals surface area contributed by atoms with Crippen molar-refractivity contribution in [3.05, 3.63) is 0 Å². The summed E-state index contributed by atoms with van der Waals surface area (Å²) >= 11 is 0. The monoisotopic (exact) mass is 162 g/mol. The lowest BCUT2D eigenvalue weighted by Crippen LogP contribution is -2.61. The minimum Gasteiger partial charge on any atom is -0.389 e. The molecular formula is C6H14N2O3. The van der Waals surface area contributed by atoms with E-state index in [0.29, 0.717) is 6.42 Å². The summed E-state index contributed by atoms with van der Waals surface area (Å²) in [7, 11) is 0. The van der Waals surface area contributed by atoms with Gasteiger partial charge in [-0.25, -0.2) is 0 Å². The van der Waals surface area contributed by atoms with Crippen LogP contribution in [-0.2, 0) is 0 Å². The summed E-state index contributed by atoms with van der Waals surface area (Å²) < 4.78 is 0. The summed E-state index contributed by atoms with van der Waals surface area (Å²) in [5.74, 6) is 0. The lowest BCUT2D eigenvalue weighted by atomic mass is 9.85. The Kier molecular flexibility index (Phi) is 2.46. The van der Waals surface area contributed by atoms with Gasteiger partial charge in [-0.1, -0.05) is 0 Å². The quantitative estimate of drug-likeness (QED) is 0.263. The van der Waals surface area contributed by atoms with Crippen LogP contribution in [0.2, 0.25) is 0 Å². The average Bonchev–Trinajstić information content (AvgIpc) is 1.97. The minimum atomic E-state index is -1.21. The molecule has 5 atom stereocenters. The van der Waals surface area contributed by atoms with Gasteiger partial charge in [0.25, 0.3) is 0 Å². The molecule has 1 unspecified atom stereocenters. The van der Waals surface area contributed by atoms with E-state index in [0.717, 1.165) is 0 Å². The highest BCUT2D eigenvalue weighted by Gasteiger charge is 2.39. The molecule has 0 aliphatic heterocycles. The molecule has 5 nitrogen and oxygen atoms in total. The highest BCUT2D eigenvalue weighted by molar-refractivity contribution is 4.96. The maximum Gasteiger partial charge on any atom is 0.109 e. The lowest BCUT2D eigenvalue weighted by Gasteiger charge is -2.37. The van der Waals surface area contributed by atoms with Gasteiger partial charge in [-0.05, 0) is 6.42 Å². The van der Waals surface area contributed by atoms with Gasteiger partial charge in [-0.15, -0.1) is 0 Å². The molecule has 1 aliphatic carbocycles. The molecule has 0 saturated heterocycles. The normalized spacial score (nSPS) is 52.6. The van der Waals surface area contributed by atoms with Gasteiger partial charge in [-0.2, -0.15) is 0 Å². The molecule has 0 amide bonds. The molecule has 0 bridgehead atoms. The molecule has 0 aromatic carbocycles. The Hall–Kier alpha value is -0.200. The van der Waals surface area contributed by atoms with Crippen LogP contribution in [0.3, 0.4) is 0 Å². The first-order valence-corrected chi connectivity index (χ1v) is 3.59. The zero-order chi connectivity index (χ0) is 8.59. The van der Waals surface area contributed by atoms with E-state index >= 15 is 0 Å². The fourth-order valence-electron chi connectivity index (χ4n) is 1.30. The average molecular weight is 162 g/mol. The summed E-state index contributed by atoms with van der Waals surface area (Å²) in [4.78, 5) is 0. The first-order chi connectivity index (χ1) is 5.04. The van der Waals surface area contributed by atoms with Gasteiger partial charge in [0.1, 0.15) is 6.10 Å². The van der Waals surface area contributed by atoms with Gasteiger partial charge in [0.2, 0.25) is 0 Å². The molecule has 0 radical (unpaired) electrons. The van der Waals surface area contributed by atoms with Crippen molar-refractivity contribution in [1.82, 2.24) is 0 Å². The van der Waals surface area contributed by atoms with E-state index in [1.165, 1.54) is 0 Å². The maximum absolute atomic E-state index is 9.14. The number of hydrogen-bond acceptors (Lipinski definition) is 5. The van der Waals surface area contributed by atoms with Gasteiger partial charge in [0.05, 0.1) is 12.2 Å². The second kappa shape index (κ2) is 3.04. The fourth-order valence-corrected chi connectivity index (χ4v) is 1.30. The minimum absolute atomic E-state index is 0.333. The van der Waals surface area contributed by atoms with E-state index < -0.39 is 30.4 Å². The van der Waals surface area contributed by atoms with Gasteiger partial charge in [-0.3, -0.25) is 0 Å². The van der Waals surface area contributed by atoms with Crippen molar-refractivity contribution >= 4 is 0 Å².